The molecule has 0 radical (unpaired) electrons. The number of rotatable bonds is 8. The van der Waals surface area contributed by atoms with Crippen molar-refractivity contribution in [2.45, 2.75) is 71.3 Å². The summed E-state index contributed by atoms with van der Waals surface area (Å²) in [6.07, 6.45) is 9.99. The number of carbonyl (C=O) groups is 1. The van der Waals surface area contributed by atoms with Crippen LogP contribution in [-0.2, 0) is 14.3 Å². The van der Waals surface area contributed by atoms with Gasteiger partial charge in [0.25, 0.3) is 0 Å². The van der Waals surface area contributed by atoms with Crippen molar-refractivity contribution in [3.05, 3.63) is 48.0 Å². The normalized spacial score (nSPS) is 29.8. The van der Waals surface area contributed by atoms with Gasteiger partial charge in [0.05, 0.1) is 5.60 Å². The van der Waals surface area contributed by atoms with E-state index < -0.39 is 0 Å². The number of fused-ring (bicyclic) bond motifs is 1. The maximum Gasteiger partial charge on any atom is 0.147 e. The fourth-order valence-electron chi connectivity index (χ4n) is 5.96. The van der Waals surface area contributed by atoms with Crippen LogP contribution in [0.1, 0.15) is 71.3 Å². The van der Waals surface area contributed by atoms with Gasteiger partial charge in [-0.15, -0.1) is 0 Å². The van der Waals surface area contributed by atoms with Gasteiger partial charge < -0.3 is 9.47 Å². The highest BCUT2D eigenvalue weighted by atomic mass is 16.7. The SMILES string of the molecule is COCOC(C)(C)[C@H](/C=C/[C@@H](C)[C@H]1CC[C@H]2C(=O)CCC[C@]12C)c1ccccc1. The minimum absolute atomic E-state index is 0.138. The van der Waals surface area contributed by atoms with Crippen molar-refractivity contribution in [3.8, 4) is 0 Å². The quantitative estimate of drug-likeness (QED) is 0.389. The molecule has 160 valence electrons. The van der Waals surface area contributed by atoms with Crippen LogP contribution < -0.4 is 0 Å². The van der Waals surface area contributed by atoms with Gasteiger partial charge in [0.2, 0.25) is 0 Å². The molecule has 0 aliphatic heterocycles. The Morgan fingerprint density at radius 3 is 2.62 bits per heavy atom. The Labute approximate surface area is 176 Å². The molecular weight excluding hydrogens is 360 g/mol. The van der Waals surface area contributed by atoms with Crippen molar-refractivity contribution in [1.29, 1.82) is 0 Å². The third kappa shape index (κ3) is 4.67. The van der Waals surface area contributed by atoms with Gasteiger partial charge in [-0.1, -0.05) is 56.3 Å². The van der Waals surface area contributed by atoms with Crippen molar-refractivity contribution >= 4 is 5.78 Å². The first kappa shape index (κ1) is 22.2. The molecule has 0 unspecified atom stereocenters. The molecule has 0 bridgehead atoms. The van der Waals surface area contributed by atoms with E-state index in [1.54, 1.807) is 7.11 Å². The molecular formula is C26H38O3. The van der Waals surface area contributed by atoms with Crippen LogP contribution in [0.5, 0.6) is 0 Å². The van der Waals surface area contributed by atoms with Crippen molar-refractivity contribution < 1.29 is 14.3 Å². The molecule has 0 amide bonds. The summed E-state index contributed by atoms with van der Waals surface area (Å²) in [6.45, 7) is 9.25. The molecule has 2 fully saturated rings. The fourth-order valence-corrected chi connectivity index (χ4v) is 5.96. The Hall–Kier alpha value is -1.45. The van der Waals surface area contributed by atoms with Crippen LogP contribution in [0.15, 0.2) is 42.5 Å². The third-order valence-electron chi connectivity index (χ3n) is 7.63. The number of ketones is 1. The molecule has 1 aromatic rings. The number of hydrogen-bond donors (Lipinski definition) is 0. The number of hydrogen-bond acceptors (Lipinski definition) is 3. The molecule has 0 N–H and O–H groups in total. The molecule has 1 aromatic carbocycles. The van der Waals surface area contributed by atoms with Gasteiger partial charge in [-0.05, 0) is 62.3 Å². The lowest BCUT2D eigenvalue weighted by molar-refractivity contribution is -0.129. The summed E-state index contributed by atoms with van der Waals surface area (Å²) in [7, 11) is 1.66. The Morgan fingerprint density at radius 2 is 1.93 bits per heavy atom. The highest BCUT2D eigenvalue weighted by molar-refractivity contribution is 5.83. The molecule has 0 spiro atoms. The molecule has 0 heterocycles. The molecule has 5 atom stereocenters. The smallest absolute Gasteiger partial charge is 0.147 e. The lowest BCUT2D eigenvalue weighted by Crippen LogP contribution is -2.39. The second-order valence-corrected chi connectivity index (χ2v) is 9.85. The summed E-state index contributed by atoms with van der Waals surface area (Å²) in [6, 6.07) is 10.6. The second-order valence-electron chi connectivity index (χ2n) is 9.85. The molecule has 3 heteroatoms. The monoisotopic (exact) mass is 398 g/mol. The van der Waals surface area contributed by atoms with Crippen LogP contribution in [0, 0.1) is 23.2 Å². The molecule has 3 nitrogen and oxygen atoms in total. The van der Waals surface area contributed by atoms with E-state index in [-0.39, 0.29) is 29.6 Å². The molecule has 2 saturated carbocycles. The first-order valence-corrected chi connectivity index (χ1v) is 11.2. The van der Waals surface area contributed by atoms with E-state index in [1.807, 2.05) is 0 Å². The molecule has 2 aliphatic carbocycles. The van der Waals surface area contributed by atoms with E-state index in [4.69, 9.17) is 9.47 Å². The topological polar surface area (TPSA) is 35.5 Å². The van der Waals surface area contributed by atoms with Crippen LogP contribution in [0.4, 0.5) is 0 Å². The summed E-state index contributed by atoms with van der Waals surface area (Å²) in [5.74, 6) is 1.95. The van der Waals surface area contributed by atoms with Crippen LogP contribution >= 0.6 is 0 Å². The highest BCUT2D eigenvalue weighted by Crippen LogP contribution is 2.56. The average Bonchev–Trinajstić information content (AvgIpc) is 3.05. The van der Waals surface area contributed by atoms with Crippen molar-refractivity contribution in [3.63, 3.8) is 0 Å². The highest BCUT2D eigenvalue weighted by Gasteiger charge is 2.52. The zero-order chi connectivity index (χ0) is 21.1. The molecule has 3 rings (SSSR count). The average molecular weight is 399 g/mol. The maximum atomic E-state index is 12.5. The van der Waals surface area contributed by atoms with Gasteiger partial charge in [0.1, 0.15) is 12.6 Å². The second kappa shape index (κ2) is 9.14. The van der Waals surface area contributed by atoms with Crippen LogP contribution in [-0.4, -0.2) is 25.3 Å². The van der Waals surface area contributed by atoms with Crippen molar-refractivity contribution in [2.75, 3.05) is 13.9 Å². The van der Waals surface area contributed by atoms with Crippen LogP contribution in [0.3, 0.4) is 0 Å². The fraction of sp³-hybridized carbons (Fsp3) is 0.654. The predicted molar refractivity (Wildman–Crippen MR) is 118 cm³/mol. The van der Waals surface area contributed by atoms with Gasteiger partial charge in [-0.3, -0.25) is 4.79 Å². The Morgan fingerprint density at radius 1 is 1.21 bits per heavy atom. The lowest BCUT2D eigenvalue weighted by Gasteiger charge is -2.42. The first-order chi connectivity index (χ1) is 13.8. The van der Waals surface area contributed by atoms with E-state index in [1.165, 1.54) is 12.0 Å². The largest absolute Gasteiger partial charge is 0.359 e. The minimum atomic E-state index is -0.378. The molecule has 29 heavy (non-hydrogen) atoms. The van der Waals surface area contributed by atoms with Gasteiger partial charge in [0.15, 0.2) is 0 Å². The zero-order valence-electron chi connectivity index (χ0n) is 18.8. The van der Waals surface area contributed by atoms with E-state index in [0.717, 1.165) is 25.7 Å². The van der Waals surface area contributed by atoms with E-state index in [2.05, 4.69) is 70.2 Å². The van der Waals surface area contributed by atoms with Crippen LogP contribution in [0.2, 0.25) is 0 Å². The Kier molecular flexibility index (Phi) is 7.01. The molecule has 0 saturated heterocycles. The molecule has 2 aliphatic rings. The molecule has 0 aromatic heterocycles. The number of Topliss-reactive ketones (excluding diaryl/α,β-unsaturated/α-hetero) is 1. The lowest BCUT2D eigenvalue weighted by atomic mass is 9.62. The van der Waals surface area contributed by atoms with E-state index >= 15 is 0 Å². The Balaban J connectivity index is 1.81. The summed E-state index contributed by atoms with van der Waals surface area (Å²) in [5.41, 5.74) is 1.04. The standard InChI is InChI=1S/C26H38O3/c1-19(21-15-16-23-24(27)12-9-17-26(21,23)4)13-14-22(20-10-7-6-8-11-20)25(2,3)29-18-28-5/h6-8,10-11,13-14,19,21-23H,9,12,15-18H2,1-5H3/b14-13+/t19-,21-,22-,23+,26-/m1/s1. The van der Waals surface area contributed by atoms with Gasteiger partial charge in [0, 0.05) is 25.4 Å². The van der Waals surface area contributed by atoms with Crippen molar-refractivity contribution in [2.24, 2.45) is 23.2 Å². The maximum absolute atomic E-state index is 12.5. The summed E-state index contributed by atoms with van der Waals surface area (Å²) >= 11 is 0. The predicted octanol–water partition coefficient (Wildman–Crippen LogP) is 6.15. The van der Waals surface area contributed by atoms with Crippen molar-refractivity contribution in [1.82, 2.24) is 0 Å². The minimum Gasteiger partial charge on any atom is -0.359 e. The van der Waals surface area contributed by atoms with Gasteiger partial charge in [-0.2, -0.15) is 0 Å². The summed E-state index contributed by atoms with van der Waals surface area (Å²) < 4.78 is 11.2. The number of allylic oxidation sites excluding steroid dienone is 1. The van der Waals surface area contributed by atoms with Gasteiger partial charge in [-0.25, -0.2) is 0 Å². The third-order valence-corrected chi connectivity index (χ3v) is 7.63. The number of ether oxygens (including phenoxy) is 2. The summed E-state index contributed by atoms with van der Waals surface area (Å²) in [5, 5.41) is 0. The van der Waals surface area contributed by atoms with E-state index in [9.17, 15) is 4.79 Å². The van der Waals surface area contributed by atoms with E-state index in [0.29, 0.717) is 17.6 Å². The number of benzene rings is 1. The zero-order valence-corrected chi connectivity index (χ0v) is 18.8. The van der Waals surface area contributed by atoms with Gasteiger partial charge >= 0.3 is 0 Å². The summed E-state index contributed by atoms with van der Waals surface area (Å²) in [4.78, 5) is 12.5. The first-order valence-electron chi connectivity index (χ1n) is 11.2. The number of methoxy groups -OCH3 is 1. The Bertz CT molecular complexity index is 708. The van der Waals surface area contributed by atoms with Crippen LogP contribution in [0.25, 0.3) is 0 Å². The number of carbonyl (C=O) groups excluding carboxylic acids is 1.